The second kappa shape index (κ2) is 5.26. The van der Waals surface area contributed by atoms with Crippen LogP contribution in [-0.4, -0.2) is 0 Å². The SMILES string of the molecule is N#Cc1ccc(Sc2ccc(N)cc2)cc1Br. The van der Waals surface area contributed by atoms with Gasteiger partial charge in [-0.05, 0) is 58.4 Å². The van der Waals surface area contributed by atoms with E-state index < -0.39 is 0 Å². The van der Waals surface area contributed by atoms with Gasteiger partial charge in [0.2, 0.25) is 0 Å². The van der Waals surface area contributed by atoms with E-state index in [0.717, 1.165) is 20.0 Å². The fraction of sp³-hybridized carbons (Fsp3) is 0. The number of hydrogen-bond donors (Lipinski definition) is 1. The van der Waals surface area contributed by atoms with E-state index in [1.165, 1.54) is 0 Å². The van der Waals surface area contributed by atoms with Gasteiger partial charge in [-0.1, -0.05) is 11.8 Å². The molecule has 2 aromatic rings. The minimum atomic E-state index is 0.645. The maximum absolute atomic E-state index is 8.83. The van der Waals surface area contributed by atoms with Gasteiger partial charge in [-0.2, -0.15) is 5.26 Å². The van der Waals surface area contributed by atoms with Crippen molar-refractivity contribution < 1.29 is 0 Å². The molecule has 0 fully saturated rings. The second-order valence-corrected chi connectivity index (χ2v) is 5.43. The van der Waals surface area contributed by atoms with Gasteiger partial charge in [0.05, 0.1) is 5.56 Å². The fourth-order valence-electron chi connectivity index (χ4n) is 1.32. The van der Waals surface area contributed by atoms with Crippen LogP contribution in [-0.2, 0) is 0 Å². The molecule has 2 nitrogen and oxygen atoms in total. The zero-order chi connectivity index (χ0) is 12.3. The average molecular weight is 305 g/mol. The first-order chi connectivity index (χ1) is 8.19. The van der Waals surface area contributed by atoms with Crippen molar-refractivity contribution in [3.8, 4) is 6.07 Å². The maximum atomic E-state index is 8.83. The predicted octanol–water partition coefficient (Wildman–Crippen LogP) is 4.05. The molecule has 4 heteroatoms. The summed E-state index contributed by atoms with van der Waals surface area (Å²) >= 11 is 5.01. The molecule has 0 bridgehead atoms. The lowest BCUT2D eigenvalue weighted by Gasteiger charge is -2.03. The summed E-state index contributed by atoms with van der Waals surface area (Å²) < 4.78 is 0.820. The molecular formula is C13H9BrN2S. The second-order valence-electron chi connectivity index (χ2n) is 3.42. The molecule has 17 heavy (non-hydrogen) atoms. The molecule has 0 aliphatic rings. The quantitative estimate of drug-likeness (QED) is 0.851. The van der Waals surface area contributed by atoms with Gasteiger partial charge < -0.3 is 5.73 Å². The highest BCUT2D eigenvalue weighted by Crippen LogP contribution is 2.31. The number of nitrogens with zero attached hydrogens (tertiary/aromatic N) is 1. The third-order valence-corrected chi connectivity index (χ3v) is 3.83. The highest BCUT2D eigenvalue weighted by atomic mass is 79.9. The standard InChI is InChI=1S/C13H9BrN2S/c14-13-7-12(4-1-9(13)8-15)17-11-5-2-10(16)3-6-11/h1-7H,16H2. The number of nitrogen functional groups attached to an aromatic ring is 1. The average Bonchev–Trinajstić information content (AvgIpc) is 2.32. The number of hydrogen-bond acceptors (Lipinski definition) is 3. The molecule has 0 atom stereocenters. The van der Waals surface area contributed by atoms with Gasteiger partial charge >= 0.3 is 0 Å². The first-order valence-corrected chi connectivity index (χ1v) is 6.53. The molecule has 0 heterocycles. The Kier molecular flexibility index (Phi) is 3.72. The molecule has 2 N–H and O–H groups in total. The third kappa shape index (κ3) is 3.02. The Bertz CT molecular complexity index is 573. The summed E-state index contributed by atoms with van der Waals surface area (Å²) in [7, 11) is 0. The van der Waals surface area contributed by atoms with Crippen LogP contribution >= 0.6 is 27.7 Å². The highest BCUT2D eigenvalue weighted by molar-refractivity contribution is 9.10. The van der Waals surface area contributed by atoms with Crippen LogP contribution in [0.25, 0.3) is 0 Å². The van der Waals surface area contributed by atoms with Crippen LogP contribution in [0, 0.1) is 11.3 Å². The van der Waals surface area contributed by atoms with Crippen LogP contribution in [0.2, 0.25) is 0 Å². The third-order valence-electron chi connectivity index (χ3n) is 2.18. The van der Waals surface area contributed by atoms with E-state index in [-0.39, 0.29) is 0 Å². The Labute approximate surface area is 113 Å². The lowest BCUT2D eigenvalue weighted by molar-refractivity contribution is 1.37. The molecule has 0 saturated heterocycles. The van der Waals surface area contributed by atoms with Gasteiger partial charge in [0, 0.05) is 20.0 Å². The minimum Gasteiger partial charge on any atom is -0.399 e. The zero-order valence-corrected chi connectivity index (χ0v) is 11.3. The van der Waals surface area contributed by atoms with E-state index in [1.807, 2.05) is 42.5 Å². The maximum Gasteiger partial charge on any atom is 0.100 e. The summed E-state index contributed by atoms with van der Waals surface area (Å²) in [4.78, 5) is 2.21. The molecule has 0 aromatic heterocycles. The van der Waals surface area contributed by atoms with E-state index in [9.17, 15) is 0 Å². The van der Waals surface area contributed by atoms with Crippen LogP contribution in [0.3, 0.4) is 0 Å². The number of nitrogens with two attached hydrogens (primary N) is 1. The van der Waals surface area contributed by atoms with E-state index in [0.29, 0.717) is 5.56 Å². The molecule has 0 amide bonds. The topological polar surface area (TPSA) is 49.8 Å². The summed E-state index contributed by atoms with van der Waals surface area (Å²) in [5.74, 6) is 0. The van der Waals surface area contributed by atoms with Gasteiger partial charge in [0.15, 0.2) is 0 Å². The zero-order valence-electron chi connectivity index (χ0n) is 8.85. The summed E-state index contributed by atoms with van der Waals surface area (Å²) in [6.45, 7) is 0. The number of benzene rings is 2. The molecule has 0 spiro atoms. The Hall–Kier alpha value is -1.44. The van der Waals surface area contributed by atoms with Crippen LogP contribution in [0.4, 0.5) is 5.69 Å². The van der Waals surface area contributed by atoms with Crippen molar-refractivity contribution in [3.05, 3.63) is 52.5 Å². The van der Waals surface area contributed by atoms with Crippen molar-refractivity contribution in [2.75, 3.05) is 5.73 Å². The van der Waals surface area contributed by atoms with Gasteiger partial charge in [0.1, 0.15) is 6.07 Å². The van der Waals surface area contributed by atoms with Crippen LogP contribution < -0.4 is 5.73 Å². The van der Waals surface area contributed by atoms with Crippen molar-refractivity contribution in [2.24, 2.45) is 0 Å². The molecule has 0 saturated carbocycles. The monoisotopic (exact) mass is 304 g/mol. The lowest BCUT2D eigenvalue weighted by atomic mass is 10.2. The van der Waals surface area contributed by atoms with Crippen LogP contribution in [0.15, 0.2) is 56.7 Å². The summed E-state index contributed by atoms with van der Waals surface area (Å²) in [5, 5.41) is 8.83. The normalized spacial score (nSPS) is 9.88. The molecule has 0 unspecified atom stereocenters. The highest BCUT2D eigenvalue weighted by Gasteiger charge is 2.02. The molecule has 0 radical (unpaired) electrons. The molecule has 84 valence electrons. The summed E-state index contributed by atoms with van der Waals surface area (Å²) in [5.41, 5.74) is 7.03. The largest absolute Gasteiger partial charge is 0.399 e. The molecule has 0 aliphatic carbocycles. The predicted molar refractivity (Wildman–Crippen MR) is 73.8 cm³/mol. The fourth-order valence-corrected chi connectivity index (χ4v) is 2.80. The van der Waals surface area contributed by atoms with Crippen molar-refractivity contribution in [3.63, 3.8) is 0 Å². The first kappa shape index (κ1) is 12.0. The Morgan fingerprint density at radius 2 is 1.71 bits per heavy atom. The van der Waals surface area contributed by atoms with Crippen molar-refractivity contribution >= 4 is 33.4 Å². The van der Waals surface area contributed by atoms with E-state index in [1.54, 1.807) is 11.8 Å². The van der Waals surface area contributed by atoms with Gasteiger partial charge in [-0.3, -0.25) is 0 Å². The van der Waals surface area contributed by atoms with E-state index in [4.69, 9.17) is 11.0 Å². The van der Waals surface area contributed by atoms with Crippen LogP contribution in [0.5, 0.6) is 0 Å². The summed E-state index contributed by atoms with van der Waals surface area (Å²) in [6, 6.07) is 15.5. The van der Waals surface area contributed by atoms with Crippen molar-refractivity contribution in [1.29, 1.82) is 5.26 Å². The van der Waals surface area contributed by atoms with E-state index in [2.05, 4.69) is 22.0 Å². The number of nitriles is 1. The van der Waals surface area contributed by atoms with Crippen molar-refractivity contribution in [2.45, 2.75) is 9.79 Å². The molecule has 2 aromatic carbocycles. The number of rotatable bonds is 2. The lowest BCUT2D eigenvalue weighted by Crippen LogP contribution is -1.83. The minimum absolute atomic E-state index is 0.645. The molecular weight excluding hydrogens is 296 g/mol. The van der Waals surface area contributed by atoms with Crippen LogP contribution in [0.1, 0.15) is 5.56 Å². The van der Waals surface area contributed by atoms with Gasteiger partial charge in [-0.15, -0.1) is 0 Å². The Morgan fingerprint density at radius 3 is 2.29 bits per heavy atom. The number of anilines is 1. The summed E-state index contributed by atoms with van der Waals surface area (Å²) in [6.07, 6.45) is 0. The molecule has 2 rings (SSSR count). The van der Waals surface area contributed by atoms with Gasteiger partial charge in [0.25, 0.3) is 0 Å². The Morgan fingerprint density at radius 1 is 1.06 bits per heavy atom. The molecule has 0 aliphatic heterocycles. The number of halogens is 1. The van der Waals surface area contributed by atoms with E-state index >= 15 is 0 Å². The smallest absolute Gasteiger partial charge is 0.100 e. The van der Waals surface area contributed by atoms with Gasteiger partial charge in [-0.25, -0.2) is 0 Å². The Balaban J connectivity index is 2.22. The first-order valence-electron chi connectivity index (χ1n) is 4.92. The van der Waals surface area contributed by atoms with Crippen molar-refractivity contribution in [1.82, 2.24) is 0 Å².